The fraction of sp³-hybridized carbons (Fsp3) is 0.412. The van der Waals surface area contributed by atoms with E-state index in [0.29, 0.717) is 19.4 Å². The first kappa shape index (κ1) is 29.2. The van der Waals surface area contributed by atoms with Crippen LogP contribution in [0.5, 0.6) is 0 Å². The zero-order valence-corrected chi connectivity index (χ0v) is 24.9. The number of nitrogens with zero attached hydrogens (tertiary/aromatic N) is 2. The van der Waals surface area contributed by atoms with E-state index in [4.69, 9.17) is 0 Å². The molecule has 2 atom stereocenters. The number of hydrogen-bond donors (Lipinski definition) is 2. The van der Waals surface area contributed by atoms with Crippen LogP contribution in [0.25, 0.3) is 0 Å². The standard InChI is InChI=1S/C34H42N4O2S/c1-26(25-27-13-4-2-5-14-27)35-34(40)28(15-12-23-37-21-10-3-11-22-37)36-33(39)20-24-38-29-16-6-8-18-31(29)41-32-19-9-7-17-30(32)38/h2,4-9,13-14,16-19,26,28H,3,10-12,15,20-25H2,1H3,(H,35,40)(H,36,39)/t26-,28+/m1/s1. The molecule has 1 saturated heterocycles. The lowest BCUT2D eigenvalue weighted by Gasteiger charge is -2.32. The Bertz CT molecular complexity index is 1250. The van der Waals surface area contributed by atoms with Gasteiger partial charge in [0.2, 0.25) is 11.8 Å². The summed E-state index contributed by atoms with van der Waals surface area (Å²) < 4.78 is 0. The monoisotopic (exact) mass is 570 g/mol. The molecule has 2 aliphatic rings. The number of hydrogen-bond acceptors (Lipinski definition) is 5. The van der Waals surface area contributed by atoms with Gasteiger partial charge in [0.25, 0.3) is 0 Å². The molecule has 0 aliphatic carbocycles. The van der Waals surface area contributed by atoms with Gasteiger partial charge in [0.1, 0.15) is 6.04 Å². The highest BCUT2D eigenvalue weighted by molar-refractivity contribution is 7.99. The highest BCUT2D eigenvalue weighted by atomic mass is 32.2. The molecule has 216 valence electrons. The van der Waals surface area contributed by atoms with Gasteiger partial charge in [-0.25, -0.2) is 0 Å². The van der Waals surface area contributed by atoms with Crippen LogP contribution >= 0.6 is 11.8 Å². The van der Waals surface area contributed by atoms with Crippen LogP contribution in [0.15, 0.2) is 88.7 Å². The van der Waals surface area contributed by atoms with Crippen LogP contribution in [-0.4, -0.2) is 55.0 Å². The Morgan fingerprint density at radius 1 is 0.805 bits per heavy atom. The Morgan fingerprint density at radius 3 is 2.12 bits per heavy atom. The number of piperidine rings is 1. The molecule has 7 heteroatoms. The fourth-order valence-corrected chi connectivity index (χ4v) is 6.93. The second-order valence-corrected chi connectivity index (χ2v) is 12.3. The molecule has 0 aromatic heterocycles. The summed E-state index contributed by atoms with van der Waals surface area (Å²) >= 11 is 1.76. The molecule has 3 aromatic rings. The van der Waals surface area contributed by atoms with Crippen molar-refractivity contribution in [1.82, 2.24) is 15.5 Å². The Kier molecular flexibility index (Phi) is 10.4. The first-order chi connectivity index (χ1) is 20.1. The molecule has 0 radical (unpaired) electrons. The minimum atomic E-state index is -0.540. The molecule has 0 saturated carbocycles. The SMILES string of the molecule is C[C@H](Cc1ccccc1)NC(=O)[C@H](CCCN1CCCCC1)NC(=O)CCN1c2ccccc2Sc2ccccc21. The summed E-state index contributed by atoms with van der Waals surface area (Å²) in [5, 5.41) is 6.28. The van der Waals surface area contributed by atoms with Gasteiger partial charge >= 0.3 is 0 Å². The van der Waals surface area contributed by atoms with E-state index in [2.05, 4.69) is 69.0 Å². The number of carbonyl (C=O) groups is 2. The van der Waals surface area contributed by atoms with E-state index in [1.165, 1.54) is 34.6 Å². The zero-order valence-electron chi connectivity index (χ0n) is 24.1. The summed E-state index contributed by atoms with van der Waals surface area (Å²) in [5.41, 5.74) is 3.43. The van der Waals surface area contributed by atoms with E-state index in [1.807, 2.05) is 37.3 Å². The van der Waals surface area contributed by atoms with Gasteiger partial charge in [-0.15, -0.1) is 0 Å². The molecule has 2 amide bonds. The molecule has 2 aliphatic heterocycles. The van der Waals surface area contributed by atoms with Gasteiger partial charge in [-0.3, -0.25) is 9.59 Å². The molecule has 0 spiro atoms. The lowest BCUT2D eigenvalue weighted by molar-refractivity contribution is -0.129. The maximum atomic E-state index is 13.4. The maximum Gasteiger partial charge on any atom is 0.242 e. The van der Waals surface area contributed by atoms with Crippen molar-refractivity contribution in [3.8, 4) is 0 Å². The third kappa shape index (κ3) is 8.14. The van der Waals surface area contributed by atoms with E-state index in [0.717, 1.165) is 43.9 Å². The van der Waals surface area contributed by atoms with Gasteiger partial charge in [-0.2, -0.15) is 0 Å². The number of carbonyl (C=O) groups excluding carboxylic acids is 2. The number of nitrogens with one attached hydrogen (secondary N) is 2. The molecule has 1 fully saturated rings. The Balaban J connectivity index is 1.21. The second kappa shape index (κ2) is 14.6. The highest BCUT2D eigenvalue weighted by Gasteiger charge is 2.26. The van der Waals surface area contributed by atoms with E-state index in [9.17, 15) is 9.59 Å². The number of para-hydroxylation sites is 2. The maximum absolute atomic E-state index is 13.4. The second-order valence-electron chi connectivity index (χ2n) is 11.2. The van der Waals surface area contributed by atoms with Crippen molar-refractivity contribution in [2.75, 3.05) is 31.1 Å². The van der Waals surface area contributed by atoms with Gasteiger partial charge in [0.05, 0.1) is 11.4 Å². The van der Waals surface area contributed by atoms with E-state index in [1.54, 1.807) is 11.8 Å². The molecular formula is C34H42N4O2S. The summed E-state index contributed by atoms with van der Waals surface area (Å²) in [5.74, 6) is -0.183. The largest absolute Gasteiger partial charge is 0.352 e. The van der Waals surface area contributed by atoms with Crippen LogP contribution < -0.4 is 15.5 Å². The number of amides is 2. The summed E-state index contributed by atoms with van der Waals surface area (Å²) in [4.78, 5) is 33.9. The predicted molar refractivity (Wildman–Crippen MR) is 168 cm³/mol. The number of likely N-dealkylation sites (tertiary alicyclic amines) is 1. The molecule has 0 bridgehead atoms. The van der Waals surface area contributed by atoms with Crippen molar-refractivity contribution >= 4 is 35.0 Å². The van der Waals surface area contributed by atoms with Crippen LogP contribution in [0.4, 0.5) is 11.4 Å². The van der Waals surface area contributed by atoms with Crippen molar-refractivity contribution in [3.05, 3.63) is 84.4 Å². The van der Waals surface area contributed by atoms with E-state index in [-0.39, 0.29) is 17.9 Å². The quantitative estimate of drug-likeness (QED) is 0.272. The minimum absolute atomic E-state index is 0.0229. The van der Waals surface area contributed by atoms with Gasteiger partial charge in [0, 0.05) is 28.8 Å². The summed E-state index contributed by atoms with van der Waals surface area (Å²) in [6.07, 6.45) is 6.39. The van der Waals surface area contributed by atoms with E-state index >= 15 is 0 Å². The summed E-state index contributed by atoms with van der Waals surface area (Å²) in [7, 11) is 0. The Labute approximate surface area is 248 Å². The van der Waals surface area contributed by atoms with Crippen LogP contribution in [0.1, 0.15) is 51.0 Å². The van der Waals surface area contributed by atoms with Gasteiger partial charge < -0.3 is 20.4 Å². The van der Waals surface area contributed by atoms with Crippen LogP contribution in [0, 0.1) is 0 Å². The normalized spacial score (nSPS) is 16.3. The van der Waals surface area contributed by atoms with Crippen LogP contribution in [0.3, 0.4) is 0 Å². The molecule has 3 aromatic carbocycles. The molecule has 41 heavy (non-hydrogen) atoms. The molecule has 0 unspecified atom stereocenters. The van der Waals surface area contributed by atoms with Gasteiger partial charge in [0.15, 0.2) is 0 Å². The third-order valence-electron chi connectivity index (χ3n) is 7.94. The predicted octanol–water partition coefficient (Wildman–Crippen LogP) is 6.18. The average molecular weight is 571 g/mol. The van der Waals surface area contributed by atoms with Crippen LogP contribution in [-0.2, 0) is 16.0 Å². The van der Waals surface area contributed by atoms with Crippen molar-refractivity contribution in [2.45, 2.75) is 73.7 Å². The number of rotatable bonds is 12. The third-order valence-corrected chi connectivity index (χ3v) is 9.07. The van der Waals surface area contributed by atoms with Gasteiger partial charge in [-0.05, 0) is 88.5 Å². The lowest BCUT2D eigenvalue weighted by Crippen LogP contribution is -2.50. The zero-order chi connectivity index (χ0) is 28.4. The van der Waals surface area contributed by atoms with Crippen molar-refractivity contribution in [2.24, 2.45) is 0 Å². The molecular weight excluding hydrogens is 528 g/mol. The number of fused-ring (bicyclic) bond motifs is 2. The first-order valence-corrected chi connectivity index (χ1v) is 15.9. The fourth-order valence-electron chi connectivity index (χ4n) is 5.83. The molecule has 5 rings (SSSR count). The Morgan fingerprint density at radius 2 is 1.44 bits per heavy atom. The average Bonchev–Trinajstić information content (AvgIpc) is 2.99. The van der Waals surface area contributed by atoms with Crippen LogP contribution in [0.2, 0.25) is 0 Å². The van der Waals surface area contributed by atoms with Crippen molar-refractivity contribution in [3.63, 3.8) is 0 Å². The minimum Gasteiger partial charge on any atom is -0.352 e. The van der Waals surface area contributed by atoms with Crippen molar-refractivity contribution < 1.29 is 9.59 Å². The Hall–Kier alpha value is -3.29. The van der Waals surface area contributed by atoms with Crippen molar-refractivity contribution in [1.29, 1.82) is 0 Å². The smallest absolute Gasteiger partial charge is 0.242 e. The molecule has 2 N–H and O–H groups in total. The highest BCUT2D eigenvalue weighted by Crippen LogP contribution is 2.47. The van der Waals surface area contributed by atoms with E-state index < -0.39 is 6.04 Å². The van der Waals surface area contributed by atoms with Gasteiger partial charge in [-0.1, -0.05) is 72.8 Å². The number of anilines is 2. The summed E-state index contributed by atoms with van der Waals surface area (Å²) in [6.45, 7) is 5.81. The molecule has 2 heterocycles. The lowest BCUT2D eigenvalue weighted by atomic mass is 10.1. The molecule has 6 nitrogen and oxygen atoms in total. The topological polar surface area (TPSA) is 64.7 Å². The first-order valence-electron chi connectivity index (χ1n) is 15.1. The summed E-state index contributed by atoms with van der Waals surface area (Å²) in [6, 6.07) is 26.3. The number of benzene rings is 3.